The van der Waals surface area contributed by atoms with Gasteiger partial charge in [-0.3, -0.25) is 10.1 Å². The third kappa shape index (κ3) is 3.77. The van der Waals surface area contributed by atoms with Crippen LogP contribution in [0, 0.1) is 17.0 Å². The molecule has 0 aliphatic heterocycles. The Morgan fingerprint density at radius 2 is 2.29 bits per heavy atom. The molecule has 6 nitrogen and oxygen atoms in total. The molecule has 0 spiro atoms. The fraction of sp³-hybridized carbons (Fsp3) is 0.357. The van der Waals surface area contributed by atoms with Crippen LogP contribution in [0.3, 0.4) is 0 Å². The average molecular weight is 307 g/mol. The van der Waals surface area contributed by atoms with Gasteiger partial charge < -0.3 is 10.1 Å². The summed E-state index contributed by atoms with van der Waals surface area (Å²) in [7, 11) is 1.42. The van der Waals surface area contributed by atoms with Crippen LogP contribution in [0.25, 0.3) is 0 Å². The second-order valence-electron chi connectivity index (χ2n) is 4.69. The van der Waals surface area contributed by atoms with Gasteiger partial charge in [0, 0.05) is 23.7 Å². The third-order valence-corrected chi connectivity index (χ3v) is 4.20. The Morgan fingerprint density at radius 1 is 1.52 bits per heavy atom. The minimum absolute atomic E-state index is 0.0189. The van der Waals surface area contributed by atoms with E-state index in [1.165, 1.54) is 13.2 Å². The van der Waals surface area contributed by atoms with Gasteiger partial charge in [0.2, 0.25) is 0 Å². The number of methoxy groups -OCH3 is 1. The van der Waals surface area contributed by atoms with Gasteiger partial charge in [-0.25, -0.2) is 4.98 Å². The Morgan fingerprint density at radius 3 is 2.86 bits per heavy atom. The number of thiazole rings is 1. The van der Waals surface area contributed by atoms with E-state index in [0.717, 1.165) is 16.3 Å². The van der Waals surface area contributed by atoms with Gasteiger partial charge in [-0.05, 0) is 25.5 Å². The molecule has 1 atom stereocenters. The molecular formula is C14H17N3O3S. The zero-order valence-corrected chi connectivity index (χ0v) is 12.9. The van der Waals surface area contributed by atoms with E-state index in [0.29, 0.717) is 6.54 Å². The number of benzene rings is 1. The van der Waals surface area contributed by atoms with E-state index in [4.69, 9.17) is 4.74 Å². The zero-order chi connectivity index (χ0) is 15.4. The van der Waals surface area contributed by atoms with Crippen LogP contribution < -0.4 is 10.1 Å². The lowest BCUT2D eigenvalue weighted by molar-refractivity contribution is -0.385. The van der Waals surface area contributed by atoms with Crippen molar-refractivity contribution in [1.29, 1.82) is 0 Å². The van der Waals surface area contributed by atoms with Crippen LogP contribution in [-0.4, -0.2) is 17.0 Å². The lowest BCUT2D eigenvalue weighted by Gasteiger charge is -2.11. The number of hydrogen-bond donors (Lipinski definition) is 1. The Hall–Kier alpha value is -1.99. The highest BCUT2D eigenvalue weighted by molar-refractivity contribution is 7.09. The maximum atomic E-state index is 11.0. The van der Waals surface area contributed by atoms with Gasteiger partial charge in [-0.15, -0.1) is 11.3 Å². The van der Waals surface area contributed by atoms with E-state index in [2.05, 4.69) is 10.3 Å². The Labute approximate surface area is 126 Å². The molecule has 0 aliphatic rings. The van der Waals surface area contributed by atoms with Crippen LogP contribution in [0.2, 0.25) is 0 Å². The first kappa shape index (κ1) is 15.4. The number of nitrogens with one attached hydrogen (secondary N) is 1. The quantitative estimate of drug-likeness (QED) is 0.655. The number of hydrogen-bond acceptors (Lipinski definition) is 6. The standard InChI is InChI=1S/C14H17N3O3S/c1-9-8-21-14(16-9)10(2)15-7-11-4-5-13(20-3)12(6-11)17(18)19/h4-6,8,10,15H,7H2,1-3H3. The van der Waals surface area contributed by atoms with Crippen molar-refractivity contribution >= 4 is 17.0 Å². The second-order valence-corrected chi connectivity index (χ2v) is 5.58. The Bertz CT molecular complexity index is 642. The van der Waals surface area contributed by atoms with Crippen molar-refractivity contribution in [3.05, 3.63) is 50.0 Å². The zero-order valence-electron chi connectivity index (χ0n) is 12.1. The first-order valence-electron chi connectivity index (χ1n) is 6.48. The van der Waals surface area contributed by atoms with Crippen molar-refractivity contribution in [1.82, 2.24) is 10.3 Å². The van der Waals surface area contributed by atoms with E-state index >= 15 is 0 Å². The van der Waals surface area contributed by atoms with Crippen LogP contribution in [0.1, 0.15) is 29.2 Å². The van der Waals surface area contributed by atoms with E-state index in [1.54, 1.807) is 17.4 Å². The molecule has 0 fully saturated rings. The maximum Gasteiger partial charge on any atom is 0.311 e. The molecule has 7 heteroatoms. The van der Waals surface area contributed by atoms with E-state index in [-0.39, 0.29) is 17.5 Å². The van der Waals surface area contributed by atoms with Crippen molar-refractivity contribution in [3.63, 3.8) is 0 Å². The first-order valence-corrected chi connectivity index (χ1v) is 7.36. The van der Waals surface area contributed by atoms with Crippen molar-refractivity contribution in [2.75, 3.05) is 7.11 Å². The highest BCUT2D eigenvalue weighted by atomic mass is 32.1. The van der Waals surface area contributed by atoms with Gasteiger partial charge in [0.1, 0.15) is 5.01 Å². The summed E-state index contributed by atoms with van der Waals surface area (Å²) < 4.78 is 4.99. The van der Waals surface area contributed by atoms with Crippen molar-refractivity contribution < 1.29 is 9.66 Å². The van der Waals surface area contributed by atoms with Crippen LogP contribution in [0.5, 0.6) is 5.75 Å². The fourth-order valence-electron chi connectivity index (χ4n) is 1.92. The van der Waals surface area contributed by atoms with E-state index in [9.17, 15) is 10.1 Å². The summed E-state index contributed by atoms with van der Waals surface area (Å²) in [6.45, 7) is 4.51. The van der Waals surface area contributed by atoms with Gasteiger partial charge in [-0.1, -0.05) is 6.07 Å². The molecule has 1 heterocycles. The van der Waals surface area contributed by atoms with Crippen molar-refractivity contribution in [3.8, 4) is 5.75 Å². The molecule has 2 aromatic rings. The molecule has 112 valence electrons. The predicted octanol–water partition coefficient (Wildman–Crippen LogP) is 3.22. The number of aryl methyl sites for hydroxylation is 1. The average Bonchev–Trinajstić information content (AvgIpc) is 2.91. The van der Waals surface area contributed by atoms with Crippen molar-refractivity contribution in [2.24, 2.45) is 0 Å². The Kier molecular flexibility index (Phi) is 4.87. The molecule has 0 aliphatic carbocycles. The summed E-state index contributed by atoms with van der Waals surface area (Å²) in [5.41, 5.74) is 1.82. The summed E-state index contributed by atoms with van der Waals surface area (Å²) in [6.07, 6.45) is 0. The molecule has 1 unspecified atom stereocenters. The molecule has 0 saturated carbocycles. The number of nitro groups is 1. The summed E-state index contributed by atoms with van der Waals surface area (Å²) in [6, 6.07) is 5.07. The SMILES string of the molecule is COc1ccc(CNC(C)c2nc(C)cs2)cc1[N+](=O)[O-]. The summed E-state index contributed by atoms with van der Waals surface area (Å²) in [4.78, 5) is 15.0. The molecule has 1 aromatic heterocycles. The van der Waals surface area contributed by atoms with Crippen LogP contribution in [0.15, 0.2) is 23.6 Å². The van der Waals surface area contributed by atoms with Crippen LogP contribution in [0.4, 0.5) is 5.69 Å². The van der Waals surface area contributed by atoms with E-state index in [1.807, 2.05) is 25.3 Å². The molecule has 0 saturated heterocycles. The molecular weight excluding hydrogens is 290 g/mol. The lowest BCUT2D eigenvalue weighted by Crippen LogP contribution is -2.18. The minimum Gasteiger partial charge on any atom is -0.490 e. The molecule has 0 bridgehead atoms. The van der Waals surface area contributed by atoms with Gasteiger partial charge in [-0.2, -0.15) is 0 Å². The summed E-state index contributed by atoms with van der Waals surface area (Å²) in [5, 5.41) is 17.3. The topological polar surface area (TPSA) is 77.3 Å². The van der Waals surface area contributed by atoms with Gasteiger partial charge in [0.05, 0.1) is 18.1 Å². The highest BCUT2D eigenvalue weighted by Crippen LogP contribution is 2.27. The third-order valence-electron chi connectivity index (χ3n) is 3.06. The molecule has 2 rings (SSSR count). The van der Waals surface area contributed by atoms with Crippen LogP contribution >= 0.6 is 11.3 Å². The normalized spacial score (nSPS) is 12.1. The molecule has 0 amide bonds. The monoisotopic (exact) mass is 307 g/mol. The number of nitro benzene ring substituents is 1. The number of aromatic nitrogens is 1. The lowest BCUT2D eigenvalue weighted by atomic mass is 10.1. The molecule has 1 N–H and O–H groups in total. The predicted molar refractivity (Wildman–Crippen MR) is 81.8 cm³/mol. The highest BCUT2D eigenvalue weighted by Gasteiger charge is 2.16. The number of nitrogens with zero attached hydrogens (tertiary/aromatic N) is 2. The second kappa shape index (κ2) is 6.64. The van der Waals surface area contributed by atoms with Crippen molar-refractivity contribution in [2.45, 2.75) is 26.4 Å². The number of ether oxygens (including phenoxy) is 1. The van der Waals surface area contributed by atoms with Gasteiger partial charge in [0.25, 0.3) is 0 Å². The summed E-state index contributed by atoms with van der Waals surface area (Å²) in [5.74, 6) is 0.271. The van der Waals surface area contributed by atoms with E-state index < -0.39 is 4.92 Å². The first-order chi connectivity index (χ1) is 10.0. The Balaban J connectivity index is 2.06. The molecule has 1 aromatic carbocycles. The van der Waals surface area contributed by atoms with Crippen LogP contribution in [-0.2, 0) is 6.54 Å². The molecule has 21 heavy (non-hydrogen) atoms. The number of rotatable bonds is 6. The fourth-order valence-corrected chi connectivity index (χ4v) is 2.75. The maximum absolute atomic E-state index is 11.0. The van der Waals surface area contributed by atoms with Gasteiger partial charge in [0.15, 0.2) is 5.75 Å². The smallest absolute Gasteiger partial charge is 0.311 e. The molecule has 0 radical (unpaired) electrons. The summed E-state index contributed by atoms with van der Waals surface area (Å²) >= 11 is 1.61. The minimum atomic E-state index is -0.435. The van der Waals surface area contributed by atoms with Gasteiger partial charge >= 0.3 is 5.69 Å². The largest absolute Gasteiger partial charge is 0.490 e.